The Hall–Kier alpha value is -1.02. The van der Waals surface area contributed by atoms with E-state index < -0.39 is 0 Å². The molecule has 1 N–H and O–H groups in total. The van der Waals surface area contributed by atoms with Gasteiger partial charge in [-0.15, -0.1) is 0 Å². The van der Waals surface area contributed by atoms with Gasteiger partial charge in [-0.3, -0.25) is 0 Å². The van der Waals surface area contributed by atoms with Crippen LogP contribution in [0.3, 0.4) is 0 Å². The summed E-state index contributed by atoms with van der Waals surface area (Å²) in [5.74, 6) is 1.54. The van der Waals surface area contributed by atoms with Crippen LogP contribution in [0.15, 0.2) is 24.3 Å². The monoisotopic (exact) mass is 218 g/mol. The zero-order valence-corrected chi connectivity index (χ0v) is 9.43. The molecule has 2 heteroatoms. The van der Waals surface area contributed by atoms with Crippen LogP contribution in [0.4, 0.5) is 0 Å². The molecule has 1 aliphatic carbocycles. The quantitative estimate of drug-likeness (QED) is 0.785. The fourth-order valence-electron chi connectivity index (χ4n) is 3.04. The lowest BCUT2D eigenvalue weighted by Gasteiger charge is -2.33. The molecule has 0 aromatic heterocycles. The van der Waals surface area contributed by atoms with Gasteiger partial charge in [-0.2, -0.15) is 0 Å². The number of hydrogen-bond donors (Lipinski definition) is 1. The highest BCUT2D eigenvalue weighted by atomic mass is 16.5. The smallest absolute Gasteiger partial charge is 0.125 e. The highest BCUT2D eigenvalue weighted by Gasteiger charge is 2.33. The Morgan fingerprint density at radius 2 is 1.88 bits per heavy atom. The number of ether oxygens (including phenoxy) is 1. The first-order valence-corrected chi connectivity index (χ1v) is 6.28. The van der Waals surface area contributed by atoms with Crippen LogP contribution in [-0.2, 0) is 0 Å². The molecule has 2 atom stereocenters. The molecule has 2 unspecified atom stereocenters. The fourth-order valence-corrected chi connectivity index (χ4v) is 3.04. The van der Waals surface area contributed by atoms with E-state index in [2.05, 4.69) is 0 Å². The van der Waals surface area contributed by atoms with E-state index >= 15 is 0 Å². The van der Waals surface area contributed by atoms with Crippen LogP contribution in [0.2, 0.25) is 0 Å². The molecule has 2 nitrogen and oxygen atoms in total. The van der Waals surface area contributed by atoms with Crippen molar-refractivity contribution in [1.29, 1.82) is 0 Å². The predicted octanol–water partition coefficient (Wildman–Crippen LogP) is 3.06. The van der Waals surface area contributed by atoms with Crippen LogP contribution >= 0.6 is 0 Å². The number of rotatable bonds is 1. The number of aliphatic hydroxyl groups is 1. The third-order valence-electron chi connectivity index (χ3n) is 3.94. The zero-order valence-electron chi connectivity index (χ0n) is 9.43. The molecule has 0 bridgehead atoms. The Balaban J connectivity index is 1.83. The molecule has 1 saturated carbocycles. The molecule has 1 aromatic rings. The van der Waals surface area contributed by atoms with Gasteiger partial charge in [0, 0.05) is 12.0 Å². The average molecular weight is 218 g/mol. The van der Waals surface area contributed by atoms with Crippen LogP contribution in [0.1, 0.15) is 43.8 Å². The number of benzene rings is 1. The molecule has 1 fully saturated rings. The first-order valence-electron chi connectivity index (χ1n) is 6.28. The van der Waals surface area contributed by atoms with Crippen molar-refractivity contribution in [3.8, 4) is 5.75 Å². The van der Waals surface area contributed by atoms with Crippen LogP contribution < -0.4 is 4.74 Å². The molecule has 2 aliphatic rings. The molecule has 1 aliphatic heterocycles. The Morgan fingerprint density at radius 1 is 1.12 bits per heavy atom. The van der Waals surface area contributed by atoms with Crippen molar-refractivity contribution < 1.29 is 9.84 Å². The standard InChI is InChI=1S/C14H18O2/c15-12-9-14(10-5-1-2-6-10)16-13-8-4-3-7-11(12)13/h3-4,7-8,10,12,14-15H,1-2,5-6,9H2. The second kappa shape index (κ2) is 4.10. The minimum absolute atomic E-state index is 0.229. The molecule has 0 radical (unpaired) electrons. The Labute approximate surface area is 96.2 Å². The van der Waals surface area contributed by atoms with Gasteiger partial charge < -0.3 is 9.84 Å². The summed E-state index contributed by atoms with van der Waals surface area (Å²) in [6, 6.07) is 7.87. The first-order chi connectivity index (χ1) is 7.84. The SMILES string of the molecule is OC1CC(C2CCCC2)Oc2ccccc21. The van der Waals surface area contributed by atoms with Crippen molar-refractivity contribution in [2.24, 2.45) is 5.92 Å². The fraction of sp³-hybridized carbons (Fsp3) is 0.571. The number of hydrogen-bond acceptors (Lipinski definition) is 2. The molecule has 1 aromatic carbocycles. The second-order valence-corrected chi connectivity index (χ2v) is 4.99. The maximum atomic E-state index is 10.1. The van der Waals surface area contributed by atoms with Gasteiger partial charge in [0.1, 0.15) is 11.9 Å². The Bertz CT molecular complexity index is 369. The molecule has 86 valence electrons. The summed E-state index contributed by atoms with van der Waals surface area (Å²) in [7, 11) is 0. The van der Waals surface area contributed by atoms with Crippen LogP contribution in [0, 0.1) is 5.92 Å². The van der Waals surface area contributed by atoms with E-state index in [1.54, 1.807) is 0 Å². The summed E-state index contributed by atoms with van der Waals surface area (Å²) in [4.78, 5) is 0. The van der Waals surface area contributed by atoms with E-state index in [-0.39, 0.29) is 12.2 Å². The Kier molecular flexibility index (Phi) is 2.60. The van der Waals surface area contributed by atoms with Crippen molar-refractivity contribution in [2.75, 3.05) is 0 Å². The highest BCUT2D eigenvalue weighted by molar-refractivity contribution is 5.37. The summed E-state index contributed by atoms with van der Waals surface area (Å²) >= 11 is 0. The lowest BCUT2D eigenvalue weighted by molar-refractivity contribution is 0.0356. The summed E-state index contributed by atoms with van der Waals surface area (Å²) in [6.45, 7) is 0. The number of para-hydroxylation sites is 1. The lowest BCUT2D eigenvalue weighted by Crippen LogP contribution is -2.31. The van der Waals surface area contributed by atoms with Crippen molar-refractivity contribution in [3.63, 3.8) is 0 Å². The van der Waals surface area contributed by atoms with Gasteiger partial charge in [0.05, 0.1) is 6.10 Å². The molecular weight excluding hydrogens is 200 g/mol. The molecule has 1 heterocycles. The first kappa shape index (κ1) is 10.2. The van der Waals surface area contributed by atoms with Gasteiger partial charge in [0.2, 0.25) is 0 Å². The molecule has 0 amide bonds. The van der Waals surface area contributed by atoms with Crippen LogP contribution in [0.25, 0.3) is 0 Å². The Morgan fingerprint density at radius 3 is 2.69 bits per heavy atom. The van der Waals surface area contributed by atoms with Crippen molar-refractivity contribution in [1.82, 2.24) is 0 Å². The zero-order chi connectivity index (χ0) is 11.0. The minimum Gasteiger partial charge on any atom is -0.490 e. The van der Waals surface area contributed by atoms with Gasteiger partial charge >= 0.3 is 0 Å². The summed E-state index contributed by atoms with van der Waals surface area (Å²) < 4.78 is 6.03. The second-order valence-electron chi connectivity index (χ2n) is 4.99. The summed E-state index contributed by atoms with van der Waals surface area (Å²) in [5.41, 5.74) is 0.955. The van der Waals surface area contributed by atoms with E-state index in [1.807, 2.05) is 24.3 Å². The van der Waals surface area contributed by atoms with Crippen molar-refractivity contribution in [3.05, 3.63) is 29.8 Å². The molecular formula is C14H18O2. The van der Waals surface area contributed by atoms with Crippen LogP contribution in [-0.4, -0.2) is 11.2 Å². The van der Waals surface area contributed by atoms with E-state index in [0.717, 1.165) is 17.7 Å². The molecule has 16 heavy (non-hydrogen) atoms. The van der Waals surface area contributed by atoms with Gasteiger partial charge in [-0.1, -0.05) is 31.0 Å². The highest BCUT2D eigenvalue weighted by Crippen LogP contribution is 2.40. The van der Waals surface area contributed by atoms with Crippen LogP contribution in [0.5, 0.6) is 5.75 Å². The summed E-state index contributed by atoms with van der Waals surface area (Å²) in [5, 5.41) is 10.1. The van der Waals surface area contributed by atoms with Gasteiger partial charge in [0.15, 0.2) is 0 Å². The van der Waals surface area contributed by atoms with E-state index in [9.17, 15) is 5.11 Å². The number of fused-ring (bicyclic) bond motifs is 1. The van der Waals surface area contributed by atoms with E-state index in [1.165, 1.54) is 25.7 Å². The van der Waals surface area contributed by atoms with Gasteiger partial charge in [-0.05, 0) is 24.8 Å². The molecule has 0 saturated heterocycles. The molecule has 3 rings (SSSR count). The summed E-state index contributed by atoms with van der Waals surface area (Å²) in [6.07, 6.45) is 5.83. The maximum Gasteiger partial charge on any atom is 0.125 e. The average Bonchev–Trinajstić information content (AvgIpc) is 2.82. The van der Waals surface area contributed by atoms with E-state index in [0.29, 0.717) is 5.92 Å². The van der Waals surface area contributed by atoms with Crippen molar-refractivity contribution >= 4 is 0 Å². The topological polar surface area (TPSA) is 29.5 Å². The normalized spacial score (nSPS) is 29.8. The lowest BCUT2D eigenvalue weighted by atomic mass is 9.90. The minimum atomic E-state index is -0.337. The van der Waals surface area contributed by atoms with Gasteiger partial charge in [0.25, 0.3) is 0 Å². The molecule has 0 spiro atoms. The third-order valence-corrected chi connectivity index (χ3v) is 3.94. The number of aliphatic hydroxyl groups excluding tert-OH is 1. The maximum absolute atomic E-state index is 10.1. The predicted molar refractivity (Wildman–Crippen MR) is 62.4 cm³/mol. The van der Waals surface area contributed by atoms with Gasteiger partial charge in [-0.25, -0.2) is 0 Å². The van der Waals surface area contributed by atoms with E-state index in [4.69, 9.17) is 4.74 Å². The largest absolute Gasteiger partial charge is 0.490 e. The van der Waals surface area contributed by atoms with Crippen molar-refractivity contribution in [2.45, 2.75) is 44.3 Å². The third kappa shape index (κ3) is 1.71.